The highest BCUT2D eigenvalue weighted by Gasteiger charge is 2.26. The van der Waals surface area contributed by atoms with Crippen molar-refractivity contribution in [3.8, 4) is 0 Å². The molecule has 0 heterocycles. The SMILES string of the molecule is CNC(c1ccc2ccccc2c1)C1CCC(=O)CC1. The van der Waals surface area contributed by atoms with Crippen LogP contribution < -0.4 is 5.32 Å². The van der Waals surface area contributed by atoms with Crippen molar-refractivity contribution in [2.45, 2.75) is 31.7 Å². The molecule has 104 valence electrons. The van der Waals surface area contributed by atoms with Gasteiger partial charge in [-0.05, 0) is 48.2 Å². The first kappa shape index (κ1) is 13.3. The van der Waals surface area contributed by atoms with E-state index in [9.17, 15) is 4.79 Å². The van der Waals surface area contributed by atoms with Crippen LogP contribution in [0.1, 0.15) is 37.3 Å². The van der Waals surface area contributed by atoms with Crippen molar-refractivity contribution in [3.63, 3.8) is 0 Å². The molecule has 1 N–H and O–H groups in total. The molecule has 1 aliphatic rings. The maximum absolute atomic E-state index is 11.4. The monoisotopic (exact) mass is 267 g/mol. The lowest BCUT2D eigenvalue weighted by molar-refractivity contribution is -0.121. The van der Waals surface area contributed by atoms with Gasteiger partial charge in [-0.2, -0.15) is 0 Å². The fourth-order valence-corrected chi connectivity index (χ4v) is 3.37. The van der Waals surface area contributed by atoms with Crippen molar-refractivity contribution in [3.05, 3.63) is 48.0 Å². The lowest BCUT2D eigenvalue weighted by atomic mass is 9.80. The third-order valence-electron chi connectivity index (χ3n) is 4.50. The highest BCUT2D eigenvalue weighted by molar-refractivity contribution is 5.83. The molecule has 20 heavy (non-hydrogen) atoms. The van der Waals surface area contributed by atoms with Gasteiger partial charge in [0.05, 0.1) is 0 Å². The number of benzene rings is 2. The molecule has 2 heteroatoms. The van der Waals surface area contributed by atoms with E-state index in [0.717, 1.165) is 25.7 Å². The van der Waals surface area contributed by atoms with Crippen LogP contribution in [0.15, 0.2) is 42.5 Å². The minimum absolute atomic E-state index is 0.354. The predicted molar refractivity (Wildman–Crippen MR) is 82.7 cm³/mol. The van der Waals surface area contributed by atoms with Crippen molar-refractivity contribution in [2.75, 3.05) is 7.05 Å². The Morgan fingerprint density at radius 3 is 2.45 bits per heavy atom. The summed E-state index contributed by atoms with van der Waals surface area (Å²) in [6.45, 7) is 0. The smallest absolute Gasteiger partial charge is 0.132 e. The first-order valence-corrected chi connectivity index (χ1v) is 7.45. The van der Waals surface area contributed by atoms with E-state index in [-0.39, 0.29) is 0 Å². The Hall–Kier alpha value is -1.67. The van der Waals surface area contributed by atoms with Crippen LogP contribution in [0.3, 0.4) is 0 Å². The van der Waals surface area contributed by atoms with Gasteiger partial charge in [0, 0.05) is 18.9 Å². The third kappa shape index (κ3) is 2.61. The van der Waals surface area contributed by atoms with E-state index in [1.54, 1.807) is 0 Å². The fourth-order valence-electron chi connectivity index (χ4n) is 3.37. The summed E-state index contributed by atoms with van der Waals surface area (Å²) in [4.78, 5) is 11.4. The summed E-state index contributed by atoms with van der Waals surface area (Å²) in [6.07, 6.45) is 3.52. The van der Waals surface area contributed by atoms with Crippen LogP contribution in [0, 0.1) is 5.92 Å². The van der Waals surface area contributed by atoms with Gasteiger partial charge in [0.25, 0.3) is 0 Å². The Bertz CT molecular complexity index is 610. The Morgan fingerprint density at radius 2 is 1.75 bits per heavy atom. The summed E-state index contributed by atoms with van der Waals surface area (Å²) < 4.78 is 0. The molecule has 0 radical (unpaired) electrons. The van der Waals surface area contributed by atoms with Gasteiger partial charge >= 0.3 is 0 Å². The number of Topliss-reactive ketones (excluding diaryl/α,β-unsaturated/α-hetero) is 1. The summed E-state index contributed by atoms with van der Waals surface area (Å²) >= 11 is 0. The first-order chi connectivity index (χ1) is 9.78. The normalized spacial score (nSPS) is 18.4. The summed E-state index contributed by atoms with van der Waals surface area (Å²) in [6, 6.07) is 15.5. The Labute approximate surface area is 120 Å². The molecule has 3 rings (SSSR count). The number of fused-ring (bicyclic) bond motifs is 1. The number of hydrogen-bond acceptors (Lipinski definition) is 2. The van der Waals surface area contributed by atoms with Crippen molar-refractivity contribution in [1.82, 2.24) is 5.32 Å². The number of carbonyl (C=O) groups excluding carboxylic acids is 1. The lowest BCUT2D eigenvalue weighted by Gasteiger charge is -2.30. The molecule has 1 fully saturated rings. The van der Waals surface area contributed by atoms with Gasteiger partial charge in [-0.25, -0.2) is 0 Å². The van der Waals surface area contributed by atoms with Gasteiger partial charge in [0.1, 0.15) is 5.78 Å². The molecule has 2 aromatic rings. The van der Waals surface area contributed by atoms with Crippen molar-refractivity contribution < 1.29 is 4.79 Å². The summed E-state index contributed by atoms with van der Waals surface area (Å²) in [5.74, 6) is 0.994. The zero-order valence-electron chi connectivity index (χ0n) is 11.9. The van der Waals surface area contributed by atoms with Crippen LogP contribution in [0.25, 0.3) is 10.8 Å². The number of ketones is 1. The largest absolute Gasteiger partial charge is 0.313 e. The van der Waals surface area contributed by atoms with Crippen LogP contribution in [0.5, 0.6) is 0 Å². The van der Waals surface area contributed by atoms with Gasteiger partial charge in [0.15, 0.2) is 0 Å². The van der Waals surface area contributed by atoms with E-state index < -0.39 is 0 Å². The molecule has 1 atom stereocenters. The van der Waals surface area contributed by atoms with Gasteiger partial charge in [-0.3, -0.25) is 4.79 Å². The van der Waals surface area contributed by atoms with E-state index in [1.165, 1.54) is 16.3 Å². The number of rotatable bonds is 3. The van der Waals surface area contributed by atoms with Crippen LogP contribution in [-0.4, -0.2) is 12.8 Å². The minimum Gasteiger partial charge on any atom is -0.313 e. The highest BCUT2D eigenvalue weighted by atomic mass is 16.1. The van der Waals surface area contributed by atoms with Crippen LogP contribution in [-0.2, 0) is 4.79 Å². The quantitative estimate of drug-likeness (QED) is 0.915. The molecule has 0 saturated heterocycles. The van der Waals surface area contributed by atoms with Crippen molar-refractivity contribution >= 4 is 16.6 Å². The minimum atomic E-state index is 0.354. The molecular weight excluding hydrogens is 246 g/mol. The number of carbonyl (C=O) groups is 1. The zero-order chi connectivity index (χ0) is 13.9. The predicted octanol–water partition coefficient (Wildman–Crippen LogP) is 3.86. The van der Waals surface area contributed by atoms with Crippen LogP contribution in [0.4, 0.5) is 0 Å². The van der Waals surface area contributed by atoms with Gasteiger partial charge in [0.2, 0.25) is 0 Å². The second kappa shape index (κ2) is 5.76. The molecule has 0 spiro atoms. The second-order valence-electron chi connectivity index (χ2n) is 5.75. The maximum atomic E-state index is 11.4. The van der Waals surface area contributed by atoms with Crippen LogP contribution >= 0.6 is 0 Å². The van der Waals surface area contributed by atoms with Crippen LogP contribution in [0.2, 0.25) is 0 Å². The van der Waals surface area contributed by atoms with E-state index in [4.69, 9.17) is 0 Å². The average molecular weight is 267 g/mol. The van der Waals surface area contributed by atoms with E-state index in [2.05, 4.69) is 47.8 Å². The van der Waals surface area contributed by atoms with Gasteiger partial charge in [-0.15, -0.1) is 0 Å². The maximum Gasteiger partial charge on any atom is 0.132 e. The summed E-state index contributed by atoms with van der Waals surface area (Å²) in [5, 5.41) is 6.03. The summed E-state index contributed by atoms with van der Waals surface area (Å²) in [7, 11) is 2.02. The summed E-state index contributed by atoms with van der Waals surface area (Å²) in [5.41, 5.74) is 1.34. The molecule has 0 amide bonds. The molecule has 1 unspecified atom stereocenters. The molecule has 0 bridgehead atoms. The van der Waals surface area contributed by atoms with Gasteiger partial charge in [-0.1, -0.05) is 36.4 Å². The molecule has 0 aromatic heterocycles. The molecule has 1 aliphatic carbocycles. The van der Waals surface area contributed by atoms with Crippen molar-refractivity contribution in [2.24, 2.45) is 5.92 Å². The topological polar surface area (TPSA) is 29.1 Å². The second-order valence-corrected chi connectivity index (χ2v) is 5.75. The fraction of sp³-hybridized carbons (Fsp3) is 0.389. The first-order valence-electron chi connectivity index (χ1n) is 7.45. The number of hydrogen-bond donors (Lipinski definition) is 1. The lowest BCUT2D eigenvalue weighted by Crippen LogP contribution is -2.28. The zero-order valence-corrected chi connectivity index (χ0v) is 11.9. The molecule has 2 nitrogen and oxygen atoms in total. The number of nitrogens with one attached hydrogen (secondary N) is 1. The molecule has 0 aliphatic heterocycles. The Kier molecular flexibility index (Phi) is 3.83. The third-order valence-corrected chi connectivity index (χ3v) is 4.50. The van der Waals surface area contributed by atoms with E-state index in [1.807, 2.05) is 7.05 Å². The molecular formula is C18H21NO. The molecule has 1 saturated carbocycles. The molecule has 2 aromatic carbocycles. The van der Waals surface area contributed by atoms with E-state index in [0.29, 0.717) is 17.7 Å². The van der Waals surface area contributed by atoms with Crippen molar-refractivity contribution in [1.29, 1.82) is 0 Å². The average Bonchev–Trinajstić information content (AvgIpc) is 2.50. The highest BCUT2D eigenvalue weighted by Crippen LogP contribution is 2.34. The standard InChI is InChI=1S/C18H21NO/c1-19-18(14-8-10-17(20)11-9-14)16-7-6-13-4-2-3-5-15(13)12-16/h2-7,12,14,18-19H,8-11H2,1H3. The van der Waals surface area contributed by atoms with E-state index >= 15 is 0 Å². The Morgan fingerprint density at radius 1 is 1.05 bits per heavy atom. The Balaban J connectivity index is 1.88. The van der Waals surface area contributed by atoms with Gasteiger partial charge < -0.3 is 5.32 Å².